The maximum atomic E-state index is 10.1. The fourth-order valence-electron chi connectivity index (χ4n) is 3.01. The number of nitrogens with zero attached hydrogens (tertiary/aromatic N) is 2. The number of β-amino-alcohol motifs (C(OH)–C–C–N with tert-alkyl or cyclic N) is 1. The van der Waals surface area contributed by atoms with Crippen molar-refractivity contribution in [3.63, 3.8) is 0 Å². The Morgan fingerprint density at radius 1 is 1.19 bits per heavy atom. The van der Waals surface area contributed by atoms with Gasteiger partial charge in [0.15, 0.2) is 0 Å². The van der Waals surface area contributed by atoms with Crippen LogP contribution in [0, 0.1) is 0 Å². The zero-order valence-corrected chi connectivity index (χ0v) is 12.3. The van der Waals surface area contributed by atoms with Gasteiger partial charge in [-0.1, -0.05) is 24.3 Å². The lowest BCUT2D eigenvalue weighted by atomic mass is 10.1. The summed E-state index contributed by atoms with van der Waals surface area (Å²) in [6, 6.07) is 10.3. The van der Waals surface area contributed by atoms with Gasteiger partial charge in [0.05, 0.1) is 11.6 Å². The third-order valence-corrected chi connectivity index (χ3v) is 4.08. The molecule has 1 aliphatic rings. The van der Waals surface area contributed by atoms with Crippen molar-refractivity contribution in [1.82, 2.24) is 15.2 Å². The number of para-hydroxylation sites is 1. The van der Waals surface area contributed by atoms with Crippen molar-refractivity contribution in [3.05, 3.63) is 42.1 Å². The molecule has 1 aliphatic heterocycles. The first-order valence-electron chi connectivity index (χ1n) is 7.77. The minimum atomic E-state index is -0.300. The normalized spacial score (nSPS) is 17.4. The first-order chi connectivity index (χ1) is 10.3. The molecular weight excluding hydrogens is 262 g/mol. The average molecular weight is 285 g/mol. The number of hydrogen-bond donors (Lipinski definition) is 2. The number of nitrogens with one attached hydrogen (secondary N) is 1. The van der Waals surface area contributed by atoms with E-state index in [-0.39, 0.29) is 6.10 Å². The highest BCUT2D eigenvalue weighted by Gasteiger charge is 2.15. The van der Waals surface area contributed by atoms with Gasteiger partial charge >= 0.3 is 0 Å². The van der Waals surface area contributed by atoms with Crippen LogP contribution in [0.25, 0.3) is 10.9 Å². The maximum Gasteiger partial charge on any atom is 0.0791 e. The van der Waals surface area contributed by atoms with Crippen LogP contribution in [0.3, 0.4) is 0 Å². The zero-order valence-electron chi connectivity index (χ0n) is 12.3. The van der Waals surface area contributed by atoms with Gasteiger partial charge in [-0.25, -0.2) is 0 Å². The number of pyridine rings is 1. The summed E-state index contributed by atoms with van der Waals surface area (Å²) in [6.45, 7) is 4.40. The molecule has 0 spiro atoms. The number of rotatable bonds is 6. The van der Waals surface area contributed by atoms with Crippen molar-refractivity contribution in [3.8, 4) is 0 Å². The van der Waals surface area contributed by atoms with E-state index in [0.717, 1.165) is 37.1 Å². The van der Waals surface area contributed by atoms with E-state index in [4.69, 9.17) is 0 Å². The summed E-state index contributed by atoms with van der Waals surface area (Å²) in [4.78, 5) is 6.79. The van der Waals surface area contributed by atoms with Gasteiger partial charge in [0.25, 0.3) is 0 Å². The van der Waals surface area contributed by atoms with Crippen molar-refractivity contribution in [2.75, 3.05) is 26.2 Å². The zero-order chi connectivity index (χ0) is 14.5. The molecule has 1 saturated heterocycles. The molecular formula is C17H23N3O. The molecule has 1 fully saturated rings. The molecule has 0 saturated carbocycles. The van der Waals surface area contributed by atoms with Gasteiger partial charge in [-0.2, -0.15) is 0 Å². The van der Waals surface area contributed by atoms with Crippen LogP contribution >= 0.6 is 0 Å². The number of benzene rings is 1. The molecule has 1 aromatic carbocycles. The maximum absolute atomic E-state index is 10.1. The van der Waals surface area contributed by atoms with E-state index in [1.165, 1.54) is 18.4 Å². The van der Waals surface area contributed by atoms with Gasteiger partial charge in [-0.15, -0.1) is 0 Å². The molecule has 1 aromatic heterocycles. The number of fused-ring (bicyclic) bond motifs is 1. The smallest absolute Gasteiger partial charge is 0.0791 e. The summed E-state index contributed by atoms with van der Waals surface area (Å²) in [5, 5.41) is 14.6. The van der Waals surface area contributed by atoms with E-state index in [0.29, 0.717) is 6.54 Å². The number of aromatic nitrogens is 1. The second-order valence-electron chi connectivity index (χ2n) is 5.78. The summed E-state index contributed by atoms with van der Waals surface area (Å²) in [5.41, 5.74) is 2.23. The summed E-state index contributed by atoms with van der Waals surface area (Å²) >= 11 is 0. The summed E-state index contributed by atoms with van der Waals surface area (Å²) < 4.78 is 0. The molecule has 0 amide bonds. The monoisotopic (exact) mass is 285 g/mol. The van der Waals surface area contributed by atoms with Crippen molar-refractivity contribution in [1.29, 1.82) is 0 Å². The molecule has 0 radical (unpaired) electrons. The van der Waals surface area contributed by atoms with Crippen LogP contribution in [0.15, 0.2) is 36.5 Å². The number of likely N-dealkylation sites (tertiary alicyclic amines) is 1. The predicted molar refractivity (Wildman–Crippen MR) is 85.1 cm³/mol. The van der Waals surface area contributed by atoms with Gasteiger partial charge in [0.2, 0.25) is 0 Å². The third kappa shape index (κ3) is 3.79. The molecule has 2 N–H and O–H groups in total. The predicted octanol–water partition coefficient (Wildman–Crippen LogP) is 1.78. The second kappa shape index (κ2) is 6.98. The third-order valence-electron chi connectivity index (χ3n) is 4.08. The van der Waals surface area contributed by atoms with Gasteiger partial charge in [0, 0.05) is 31.2 Å². The second-order valence-corrected chi connectivity index (χ2v) is 5.78. The summed E-state index contributed by atoms with van der Waals surface area (Å²) in [7, 11) is 0. The van der Waals surface area contributed by atoms with Gasteiger partial charge in [-0.3, -0.25) is 4.98 Å². The lowest BCUT2D eigenvalue weighted by molar-refractivity contribution is 0.123. The summed E-state index contributed by atoms with van der Waals surface area (Å²) in [6.07, 6.45) is 4.06. The molecule has 4 heteroatoms. The first-order valence-corrected chi connectivity index (χ1v) is 7.77. The standard InChI is InChI=1S/C17H23N3O/c21-16(13-20-9-1-2-10-20)12-18-11-15-6-3-5-14-7-4-8-19-17(14)15/h3-8,16,18,21H,1-2,9-13H2. The number of aliphatic hydroxyl groups excluding tert-OH is 1. The lowest BCUT2D eigenvalue weighted by Crippen LogP contribution is -2.36. The lowest BCUT2D eigenvalue weighted by Gasteiger charge is -2.19. The highest BCUT2D eigenvalue weighted by Crippen LogP contribution is 2.15. The van der Waals surface area contributed by atoms with Crippen molar-refractivity contribution in [2.24, 2.45) is 0 Å². The molecule has 1 unspecified atom stereocenters. The quantitative estimate of drug-likeness (QED) is 0.849. The van der Waals surface area contributed by atoms with Gasteiger partial charge in [-0.05, 0) is 37.6 Å². The highest BCUT2D eigenvalue weighted by atomic mass is 16.3. The van der Waals surface area contributed by atoms with Crippen LogP contribution in [0.1, 0.15) is 18.4 Å². The minimum absolute atomic E-state index is 0.300. The van der Waals surface area contributed by atoms with Crippen LogP contribution in [0.5, 0.6) is 0 Å². The van der Waals surface area contributed by atoms with Crippen LogP contribution in [0.4, 0.5) is 0 Å². The first kappa shape index (κ1) is 14.4. The fourth-order valence-corrected chi connectivity index (χ4v) is 3.01. The Balaban J connectivity index is 1.52. The van der Waals surface area contributed by atoms with Crippen molar-refractivity contribution in [2.45, 2.75) is 25.5 Å². The molecule has 0 aliphatic carbocycles. The largest absolute Gasteiger partial charge is 0.390 e. The van der Waals surface area contributed by atoms with Crippen LogP contribution < -0.4 is 5.32 Å². The number of hydrogen-bond acceptors (Lipinski definition) is 4. The SMILES string of the molecule is OC(CNCc1cccc2cccnc12)CN1CCCC1. The van der Waals surface area contributed by atoms with E-state index in [1.807, 2.05) is 12.3 Å². The topological polar surface area (TPSA) is 48.4 Å². The Bertz CT molecular complexity index is 576. The average Bonchev–Trinajstić information content (AvgIpc) is 3.00. The minimum Gasteiger partial charge on any atom is -0.390 e. The van der Waals surface area contributed by atoms with Gasteiger partial charge in [0.1, 0.15) is 0 Å². The van der Waals surface area contributed by atoms with Gasteiger partial charge < -0.3 is 15.3 Å². The van der Waals surface area contributed by atoms with E-state index in [1.54, 1.807) is 0 Å². The number of aliphatic hydroxyl groups is 1. The van der Waals surface area contributed by atoms with Crippen molar-refractivity contribution < 1.29 is 5.11 Å². The molecule has 4 nitrogen and oxygen atoms in total. The Kier molecular flexibility index (Phi) is 4.80. The van der Waals surface area contributed by atoms with E-state index in [9.17, 15) is 5.11 Å². The molecule has 2 heterocycles. The molecule has 0 bridgehead atoms. The summed E-state index contributed by atoms with van der Waals surface area (Å²) in [5.74, 6) is 0. The molecule has 1 atom stereocenters. The Morgan fingerprint density at radius 2 is 2.00 bits per heavy atom. The molecule has 112 valence electrons. The molecule has 21 heavy (non-hydrogen) atoms. The highest BCUT2D eigenvalue weighted by molar-refractivity contribution is 5.81. The van der Waals surface area contributed by atoms with E-state index < -0.39 is 0 Å². The Hall–Kier alpha value is -1.49. The van der Waals surface area contributed by atoms with Crippen molar-refractivity contribution >= 4 is 10.9 Å². The fraction of sp³-hybridized carbons (Fsp3) is 0.471. The van der Waals surface area contributed by atoms with Crippen LogP contribution in [-0.2, 0) is 6.54 Å². The Morgan fingerprint density at radius 3 is 2.86 bits per heavy atom. The molecule has 2 aromatic rings. The van der Waals surface area contributed by atoms with Crippen LogP contribution in [0.2, 0.25) is 0 Å². The molecule has 3 rings (SSSR count). The van der Waals surface area contributed by atoms with E-state index in [2.05, 4.69) is 39.5 Å². The van der Waals surface area contributed by atoms with Crippen LogP contribution in [-0.4, -0.2) is 47.3 Å². The Labute approximate surface area is 125 Å². The van der Waals surface area contributed by atoms with E-state index >= 15 is 0 Å².